The molecule has 1 N–H and O–H groups in total. The predicted octanol–water partition coefficient (Wildman–Crippen LogP) is 4.04. The molecule has 3 aromatic rings. The Morgan fingerprint density at radius 3 is 2.61 bits per heavy atom. The predicted molar refractivity (Wildman–Crippen MR) is 136 cm³/mol. The maximum absolute atomic E-state index is 12.9. The van der Waals surface area contributed by atoms with Gasteiger partial charge >= 0.3 is 0 Å². The molecule has 0 radical (unpaired) electrons. The number of nitrogens with zero attached hydrogens (tertiary/aromatic N) is 4. The van der Waals surface area contributed by atoms with Crippen molar-refractivity contribution >= 4 is 23.4 Å². The Kier molecular flexibility index (Phi) is 7.63. The van der Waals surface area contributed by atoms with Gasteiger partial charge in [-0.25, -0.2) is 0 Å². The summed E-state index contributed by atoms with van der Waals surface area (Å²) in [5.74, 6) is 1.36. The molecule has 8 nitrogen and oxygen atoms in total. The van der Waals surface area contributed by atoms with Crippen molar-refractivity contribution in [3.05, 3.63) is 70.6 Å². The number of carbonyl (C=O) groups is 2. The largest absolute Gasteiger partial charge is 0.352 e. The SMILES string of the molecule is O=C(NCc1ccccc1CN1CCCC1=O)C1CCN(Cc2nc(-c3cccc(Cl)c3)no2)CC1. The minimum absolute atomic E-state index is 0.0155. The first-order valence-electron chi connectivity index (χ1n) is 12.5. The summed E-state index contributed by atoms with van der Waals surface area (Å²) in [7, 11) is 0. The van der Waals surface area contributed by atoms with Crippen LogP contribution >= 0.6 is 11.6 Å². The lowest BCUT2D eigenvalue weighted by molar-refractivity contribution is -0.128. The van der Waals surface area contributed by atoms with E-state index in [0.717, 1.165) is 55.6 Å². The Morgan fingerprint density at radius 1 is 1.06 bits per heavy atom. The molecule has 0 unspecified atom stereocenters. The number of halogens is 1. The van der Waals surface area contributed by atoms with Crippen molar-refractivity contribution in [1.82, 2.24) is 25.3 Å². The highest BCUT2D eigenvalue weighted by molar-refractivity contribution is 6.30. The maximum atomic E-state index is 12.9. The Balaban J connectivity index is 1.09. The van der Waals surface area contributed by atoms with Crippen LogP contribution in [0.4, 0.5) is 0 Å². The summed E-state index contributed by atoms with van der Waals surface area (Å²) in [6.07, 6.45) is 3.12. The molecule has 9 heteroatoms. The van der Waals surface area contributed by atoms with Gasteiger partial charge in [-0.05, 0) is 55.6 Å². The van der Waals surface area contributed by atoms with E-state index in [1.165, 1.54) is 0 Å². The number of piperidine rings is 1. The fraction of sp³-hybridized carbons (Fsp3) is 0.407. The van der Waals surface area contributed by atoms with Crippen molar-refractivity contribution in [1.29, 1.82) is 0 Å². The molecule has 5 rings (SSSR count). The van der Waals surface area contributed by atoms with Crippen LogP contribution in [-0.4, -0.2) is 51.4 Å². The first-order valence-corrected chi connectivity index (χ1v) is 12.9. The molecule has 36 heavy (non-hydrogen) atoms. The van der Waals surface area contributed by atoms with Gasteiger partial charge in [0.25, 0.3) is 0 Å². The van der Waals surface area contributed by atoms with E-state index in [1.807, 2.05) is 53.4 Å². The van der Waals surface area contributed by atoms with E-state index < -0.39 is 0 Å². The van der Waals surface area contributed by atoms with Gasteiger partial charge in [0.05, 0.1) is 6.54 Å². The van der Waals surface area contributed by atoms with Crippen LogP contribution in [0.5, 0.6) is 0 Å². The molecule has 188 valence electrons. The van der Waals surface area contributed by atoms with Gasteiger partial charge in [0, 0.05) is 42.6 Å². The molecule has 2 fully saturated rings. The van der Waals surface area contributed by atoms with E-state index in [2.05, 4.69) is 20.4 Å². The molecule has 2 aliphatic rings. The third-order valence-corrected chi connectivity index (χ3v) is 7.21. The molecule has 2 saturated heterocycles. The number of hydrogen-bond acceptors (Lipinski definition) is 6. The number of likely N-dealkylation sites (tertiary alicyclic amines) is 2. The summed E-state index contributed by atoms with van der Waals surface area (Å²) in [4.78, 5) is 33.5. The van der Waals surface area contributed by atoms with Gasteiger partial charge in [-0.1, -0.05) is 53.2 Å². The first kappa shape index (κ1) is 24.5. The average Bonchev–Trinajstić information content (AvgIpc) is 3.53. The third kappa shape index (κ3) is 5.94. The van der Waals surface area contributed by atoms with Crippen molar-refractivity contribution in [2.45, 2.75) is 45.3 Å². The molecule has 2 aliphatic heterocycles. The van der Waals surface area contributed by atoms with Crippen molar-refractivity contribution < 1.29 is 14.1 Å². The van der Waals surface area contributed by atoms with Crippen LogP contribution in [0, 0.1) is 5.92 Å². The molecule has 2 aromatic carbocycles. The van der Waals surface area contributed by atoms with Crippen LogP contribution in [0.15, 0.2) is 53.1 Å². The van der Waals surface area contributed by atoms with Crippen molar-refractivity contribution in [3.8, 4) is 11.4 Å². The molecule has 0 bridgehead atoms. The van der Waals surface area contributed by atoms with Gasteiger partial charge in [0.15, 0.2) is 0 Å². The summed E-state index contributed by atoms with van der Waals surface area (Å²) in [6.45, 7) is 4.04. The third-order valence-electron chi connectivity index (χ3n) is 6.97. The quantitative estimate of drug-likeness (QED) is 0.494. The van der Waals surface area contributed by atoms with Crippen molar-refractivity contribution in [3.63, 3.8) is 0 Å². The van der Waals surface area contributed by atoms with Crippen molar-refractivity contribution in [2.24, 2.45) is 5.92 Å². The first-order chi connectivity index (χ1) is 17.5. The lowest BCUT2D eigenvalue weighted by Crippen LogP contribution is -2.40. The molecule has 0 spiro atoms. The summed E-state index contributed by atoms with van der Waals surface area (Å²) >= 11 is 6.06. The summed E-state index contributed by atoms with van der Waals surface area (Å²) in [6, 6.07) is 15.4. The van der Waals surface area contributed by atoms with E-state index in [1.54, 1.807) is 0 Å². The van der Waals surface area contributed by atoms with Crippen LogP contribution in [-0.2, 0) is 29.2 Å². The zero-order chi connectivity index (χ0) is 24.9. The van der Waals surface area contributed by atoms with Crippen LogP contribution in [0.1, 0.15) is 42.7 Å². The van der Waals surface area contributed by atoms with E-state index in [-0.39, 0.29) is 17.7 Å². The Labute approximate surface area is 215 Å². The number of amides is 2. The second kappa shape index (κ2) is 11.2. The highest BCUT2D eigenvalue weighted by atomic mass is 35.5. The monoisotopic (exact) mass is 507 g/mol. The van der Waals surface area contributed by atoms with Gasteiger partial charge in [0.2, 0.25) is 23.5 Å². The Bertz CT molecular complexity index is 1220. The van der Waals surface area contributed by atoms with E-state index in [9.17, 15) is 9.59 Å². The van der Waals surface area contributed by atoms with E-state index >= 15 is 0 Å². The summed E-state index contributed by atoms with van der Waals surface area (Å²) < 4.78 is 5.44. The fourth-order valence-electron chi connectivity index (χ4n) is 4.90. The molecule has 0 saturated carbocycles. The molecular formula is C27H30ClN5O3. The van der Waals surface area contributed by atoms with Crippen LogP contribution in [0.25, 0.3) is 11.4 Å². The lowest BCUT2D eigenvalue weighted by Gasteiger charge is -2.30. The van der Waals surface area contributed by atoms with Crippen molar-refractivity contribution in [2.75, 3.05) is 19.6 Å². The standard InChI is InChI=1S/C27H30ClN5O3/c28-23-8-3-7-20(15-23)26-30-24(36-31-26)18-32-13-10-19(11-14-32)27(35)29-16-21-5-1-2-6-22(21)17-33-12-4-9-25(33)34/h1-3,5-8,15,19H,4,9-14,16-18H2,(H,29,35). The van der Waals surface area contributed by atoms with E-state index in [4.69, 9.17) is 16.1 Å². The number of carbonyl (C=O) groups excluding carboxylic acids is 2. The molecule has 0 aliphatic carbocycles. The molecule has 3 heterocycles. The minimum atomic E-state index is -0.0155. The fourth-order valence-corrected chi connectivity index (χ4v) is 5.09. The van der Waals surface area contributed by atoms with Crippen LogP contribution in [0.2, 0.25) is 5.02 Å². The number of hydrogen-bond donors (Lipinski definition) is 1. The number of aromatic nitrogens is 2. The molecule has 0 atom stereocenters. The van der Waals surface area contributed by atoms with Gasteiger partial charge < -0.3 is 14.7 Å². The topological polar surface area (TPSA) is 91.6 Å². The zero-order valence-corrected chi connectivity index (χ0v) is 20.9. The number of rotatable bonds is 8. The lowest BCUT2D eigenvalue weighted by atomic mass is 9.95. The second-order valence-electron chi connectivity index (χ2n) is 9.48. The van der Waals surface area contributed by atoms with Gasteiger partial charge in [-0.3, -0.25) is 14.5 Å². The van der Waals surface area contributed by atoms with Gasteiger partial charge in [0.1, 0.15) is 0 Å². The Hall–Kier alpha value is -3.23. The average molecular weight is 508 g/mol. The summed E-state index contributed by atoms with van der Waals surface area (Å²) in [5.41, 5.74) is 2.98. The Morgan fingerprint density at radius 2 is 1.86 bits per heavy atom. The molecule has 2 amide bonds. The van der Waals surface area contributed by atoms with Crippen LogP contribution < -0.4 is 5.32 Å². The highest BCUT2D eigenvalue weighted by Gasteiger charge is 2.26. The van der Waals surface area contributed by atoms with E-state index in [0.29, 0.717) is 42.8 Å². The zero-order valence-electron chi connectivity index (χ0n) is 20.2. The van der Waals surface area contributed by atoms with Gasteiger partial charge in [-0.2, -0.15) is 4.98 Å². The normalized spacial score (nSPS) is 17.0. The summed E-state index contributed by atoms with van der Waals surface area (Å²) in [5, 5.41) is 7.83. The smallest absolute Gasteiger partial charge is 0.241 e. The van der Waals surface area contributed by atoms with Gasteiger partial charge in [-0.15, -0.1) is 0 Å². The number of benzene rings is 2. The molecule has 1 aromatic heterocycles. The second-order valence-corrected chi connectivity index (χ2v) is 9.91. The minimum Gasteiger partial charge on any atom is -0.352 e. The molecular weight excluding hydrogens is 478 g/mol. The van der Waals surface area contributed by atoms with Crippen LogP contribution in [0.3, 0.4) is 0 Å². The maximum Gasteiger partial charge on any atom is 0.241 e. The number of nitrogens with one attached hydrogen (secondary N) is 1. The highest BCUT2D eigenvalue weighted by Crippen LogP contribution is 2.23.